The van der Waals surface area contributed by atoms with Gasteiger partial charge in [0.15, 0.2) is 5.78 Å². The van der Waals surface area contributed by atoms with Crippen molar-refractivity contribution in [2.45, 2.75) is 32.0 Å². The minimum atomic E-state index is -1.23. The molecule has 3 N–H and O–H groups in total. The van der Waals surface area contributed by atoms with Crippen molar-refractivity contribution in [3.8, 4) is 0 Å². The zero-order chi connectivity index (χ0) is 25.8. The Bertz CT molecular complexity index is 1350. The standard InChI is InChI=1S/C29H29N5O3/c1-19-9-7-12-21(17-19)31-29(37)33-27-28(36)34(18-25(35)23-14-8-16-30-23)24-15-6-5-13-22(24)26(32-27)20-10-3-2-4-11-20/h2-7,9-13,15,17,23,27,30H,8,14,16,18H2,1H3,(H2,31,33,37)/t23-,27?/m1/s1. The number of amides is 3. The molecule has 5 rings (SSSR count). The van der Waals surface area contributed by atoms with Crippen molar-refractivity contribution in [1.82, 2.24) is 10.6 Å². The van der Waals surface area contributed by atoms with Crippen LogP contribution in [-0.4, -0.2) is 48.7 Å². The molecule has 8 heteroatoms. The Hall–Kier alpha value is -4.30. The van der Waals surface area contributed by atoms with Crippen LogP contribution in [0.4, 0.5) is 16.2 Å². The molecule has 0 aromatic heterocycles. The number of aliphatic imine (C=N–C) groups is 1. The average molecular weight is 496 g/mol. The van der Waals surface area contributed by atoms with Gasteiger partial charge in [-0.1, -0.05) is 60.7 Å². The fourth-order valence-electron chi connectivity index (χ4n) is 4.75. The Morgan fingerprint density at radius 2 is 1.81 bits per heavy atom. The third kappa shape index (κ3) is 5.44. The van der Waals surface area contributed by atoms with Crippen LogP contribution in [0, 0.1) is 6.92 Å². The maximum atomic E-state index is 13.9. The predicted molar refractivity (Wildman–Crippen MR) is 144 cm³/mol. The number of carbonyl (C=O) groups is 3. The molecule has 2 aliphatic rings. The highest BCUT2D eigenvalue weighted by molar-refractivity contribution is 6.21. The van der Waals surface area contributed by atoms with Gasteiger partial charge in [0.2, 0.25) is 6.17 Å². The van der Waals surface area contributed by atoms with E-state index in [4.69, 9.17) is 4.99 Å². The number of nitrogens with zero attached hydrogens (tertiary/aromatic N) is 2. The molecule has 3 aromatic rings. The minimum Gasteiger partial charge on any atom is -0.308 e. The number of para-hydroxylation sites is 1. The molecule has 3 aromatic carbocycles. The molecule has 0 aliphatic carbocycles. The Morgan fingerprint density at radius 3 is 2.57 bits per heavy atom. The quantitative estimate of drug-likeness (QED) is 0.486. The van der Waals surface area contributed by atoms with Crippen LogP contribution in [0.15, 0.2) is 83.9 Å². The van der Waals surface area contributed by atoms with Gasteiger partial charge < -0.3 is 20.9 Å². The molecular weight excluding hydrogens is 466 g/mol. The summed E-state index contributed by atoms with van der Waals surface area (Å²) >= 11 is 0. The molecular formula is C29H29N5O3. The Morgan fingerprint density at radius 1 is 1.03 bits per heavy atom. The van der Waals surface area contributed by atoms with E-state index in [-0.39, 0.29) is 18.4 Å². The molecule has 3 amide bonds. The highest BCUT2D eigenvalue weighted by Crippen LogP contribution is 2.28. The van der Waals surface area contributed by atoms with Crippen molar-refractivity contribution in [3.05, 3.63) is 95.6 Å². The topological polar surface area (TPSA) is 103 Å². The lowest BCUT2D eigenvalue weighted by molar-refractivity contribution is -0.124. The van der Waals surface area contributed by atoms with Crippen LogP contribution in [-0.2, 0) is 9.59 Å². The van der Waals surface area contributed by atoms with Crippen LogP contribution in [0.25, 0.3) is 0 Å². The number of carbonyl (C=O) groups excluding carboxylic acids is 3. The maximum absolute atomic E-state index is 13.9. The number of rotatable bonds is 6. The van der Waals surface area contributed by atoms with Crippen LogP contribution < -0.4 is 20.9 Å². The van der Waals surface area contributed by atoms with Gasteiger partial charge >= 0.3 is 6.03 Å². The number of anilines is 2. The second-order valence-corrected chi connectivity index (χ2v) is 9.27. The average Bonchev–Trinajstić information content (AvgIpc) is 3.42. The second kappa shape index (κ2) is 10.8. The number of benzodiazepines with no additional fused rings is 1. The molecule has 0 spiro atoms. The van der Waals surface area contributed by atoms with Crippen LogP contribution in [0.1, 0.15) is 29.5 Å². The van der Waals surface area contributed by atoms with Gasteiger partial charge in [-0.2, -0.15) is 0 Å². The number of urea groups is 1. The van der Waals surface area contributed by atoms with E-state index in [0.717, 1.165) is 36.1 Å². The Labute approximate surface area is 215 Å². The summed E-state index contributed by atoms with van der Waals surface area (Å²) in [4.78, 5) is 46.2. The lowest BCUT2D eigenvalue weighted by atomic mass is 10.00. The van der Waals surface area contributed by atoms with Crippen LogP contribution in [0.3, 0.4) is 0 Å². The van der Waals surface area contributed by atoms with E-state index >= 15 is 0 Å². The summed E-state index contributed by atoms with van der Waals surface area (Å²) in [5, 5.41) is 8.72. The van der Waals surface area contributed by atoms with Gasteiger partial charge in [-0.25, -0.2) is 9.79 Å². The number of ketones is 1. The van der Waals surface area contributed by atoms with E-state index in [0.29, 0.717) is 17.1 Å². The maximum Gasteiger partial charge on any atom is 0.321 e. The van der Waals surface area contributed by atoms with Crippen LogP contribution in [0.2, 0.25) is 0 Å². The van der Waals surface area contributed by atoms with Crippen molar-refractivity contribution in [2.75, 3.05) is 23.3 Å². The van der Waals surface area contributed by atoms with Crippen molar-refractivity contribution in [3.63, 3.8) is 0 Å². The summed E-state index contributed by atoms with van der Waals surface area (Å²) in [7, 11) is 0. The number of hydrogen-bond acceptors (Lipinski definition) is 5. The van der Waals surface area contributed by atoms with Gasteiger partial charge in [-0.3, -0.25) is 9.59 Å². The Kier molecular flexibility index (Phi) is 7.09. The van der Waals surface area contributed by atoms with E-state index in [1.165, 1.54) is 4.90 Å². The highest BCUT2D eigenvalue weighted by atomic mass is 16.2. The molecule has 8 nitrogen and oxygen atoms in total. The number of aryl methyl sites for hydroxylation is 1. The SMILES string of the molecule is Cc1cccc(NC(=O)NC2N=C(c3ccccc3)c3ccccc3N(CC(=O)[C@H]3CCCN3)C2=O)c1. The molecule has 0 radical (unpaired) electrons. The van der Waals surface area contributed by atoms with Crippen LogP contribution >= 0.6 is 0 Å². The highest BCUT2D eigenvalue weighted by Gasteiger charge is 2.35. The fraction of sp³-hybridized carbons (Fsp3) is 0.241. The largest absolute Gasteiger partial charge is 0.321 e. The van der Waals surface area contributed by atoms with E-state index < -0.39 is 18.1 Å². The zero-order valence-electron chi connectivity index (χ0n) is 20.6. The molecule has 1 fully saturated rings. The third-order valence-electron chi connectivity index (χ3n) is 6.56. The fourth-order valence-corrected chi connectivity index (χ4v) is 4.75. The monoisotopic (exact) mass is 495 g/mol. The first-order valence-corrected chi connectivity index (χ1v) is 12.4. The molecule has 2 heterocycles. The van der Waals surface area contributed by atoms with E-state index in [9.17, 15) is 14.4 Å². The third-order valence-corrected chi connectivity index (χ3v) is 6.56. The number of fused-ring (bicyclic) bond motifs is 1. The molecule has 0 saturated carbocycles. The van der Waals surface area contributed by atoms with Gasteiger partial charge in [0.1, 0.15) is 0 Å². The molecule has 2 atom stereocenters. The lowest BCUT2D eigenvalue weighted by Gasteiger charge is -2.26. The smallest absolute Gasteiger partial charge is 0.308 e. The van der Waals surface area contributed by atoms with Gasteiger partial charge in [0.05, 0.1) is 24.0 Å². The summed E-state index contributed by atoms with van der Waals surface area (Å²) in [5.74, 6) is -0.532. The van der Waals surface area contributed by atoms with Gasteiger partial charge in [-0.15, -0.1) is 0 Å². The number of benzene rings is 3. The molecule has 0 bridgehead atoms. The van der Waals surface area contributed by atoms with Gasteiger partial charge in [-0.05, 0) is 50.1 Å². The number of nitrogens with one attached hydrogen (secondary N) is 3. The number of Topliss-reactive ketones (excluding diaryl/α,β-unsaturated/α-hetero) is 1. The summed E-state index contributed by atoms with van der Waals surface area (Å²) in [6, 6.07) is 23.5. The van der Waals surface area contributed by atoms with Crippen molar-refractivity contribution >= 4 is 34.8 Å². The molecule has 188 valence electrons. The minimum absolute atomic E-state index is 0.0632. The normalized spacial score (nSPS) is 19.0. The molecule has 1 saturated heterocycles. The molecule has 2 aliphatic heterocycles. The zero-order valence-corrected chi connectivity index (χ0v) is 20.6. The summed E-state index contributed by atoms with van der Waals surface area (Å²) in [6.45, 7) is 2.61. The summed E-state index contributed by atoms with van der Waals surface area (Å²) in [6.07, 6.45) is 0.442. The number of hydrogen-bond donors (Lipinski definition) is 3. The van der Waals surface area contributed by atoms with E-state index in [2.05, 4.69) is 16.0 Å². The summed E-state index contributed by atoms with van der Waals surface area (Å²) < 4.78 is 0. The van der Waals surface area contributed by atoms with Gasteiger partial charge in [0.25, 0.3) is 5.91 Å². The molecule has 37 heavy (non-hydrogen) atoms. The lowest BCUT2D eigenvalue weighted by Crippen LogP contribution is -2.51. The second-order valence-electron chi connectivity index (χ2n) is 9.27. The Balaban J connectivity index is 1.51. The molecule has 1 unspecified atom stereocenters. The van der Waals surface area contributed by atoms with Crippen molar-refractivity contribution < 1.29 is 14.4 Å². The van der Waals surface area contributed by atoms with E-state index in [1.54, 1.807) is 6.07 Å². The van der Waals surface area contributed by atoms with E-state index in [1.807, 2.05) is 79.7 Å². The first-order chi connectivity index (χ1) is 18.0. The summed E-state index contributed by atoms with van der Waals surface area (Å²) in [5.41, 5.74) is 4.28. The predicted octanol–water partition coefficient (Wildman–Crippen LogP) is 3.65. The first kappa shape index (κ1) is 24.4. The first-order valence-electron chi connectivity index (χ1n) is 12.4. The van der Waals surface area contributed by atoms with Crippen molar-refractivity contribution in [2.24, 2.45) is 4.99 Å². The van der Waals surface area contributed by atoms with Crippen molar-refractivity contribution in [1.29, 1.82) is 0 Å². The van der Waals surface area contributed by atoms with Crippen LogP contribution in [0.5, 0.6) is 0 Å². The van der Waals surface area contributed by atoms with Gasteiger partial charge in [0, 0.05) is 16.8 Å².